The van der Waals surface area contributed by atoms with Crippen LogP contribution in [0.2, 0.25) is 5.02 Å². The lowest BCUT2D eigenvalue weighted by molar-refractivity contribution is -0.145. The zero-order chi connectivity index (χ0) is 19.0. The van der Waals surface area contributed by atoms with Crippen molar-refractivity contribution >= 4 is 34.4 Å². The minimum atomic E-state index is -0.783. The summed E-state index contributed by atoms with van der Waals surface area (Å²) in [5, 5.41) is 10.7. The first kappa shape index (κ1) is 18.2. The summed E-state index contributed by atoms with van der Waals surface area (Å²) in [5.41, 5.74) is 1.16. The molecule has 2 aliphatic rings. The maximum absolute atomic E-state index is 13.0. The third-order valence-electron chi connectivity index (χ3n) is 5.69. The molecule has 0 saturated carbocycles. The Morgan fingerprint density at radius 2 is 1.96 bits per heavy atom. The number of halogens is 1. The van der Waals surface area contributed by atoms with Gasteiger partial charge in [0.25, 0.3) is 5.91 Å². The number of carboxylic acid groups (broad SMARTS) is 1. The monoisotopic (exact) mass is 388 g/mol. The molecule has 1 aromatic carbocycles. The van der Waals surface area contributed by atoms with Crippen molar-refractivity contribution in [2.24, 2.45) is 11.8 Å². The largest absolute Gasteiger partial charge is 0.481 e. The molecule has 4 rings (SSSR count). The summed E-state index contributed by atoms with van der Waals surface area (Å²) in [6, 6.07) is 7.12. The number of piperidine rings is 1. The Hall–Kier alpha value is -2.18. The smallest absolute Gasteiger partial charge is 0.309 e. The number of rotatable bonds is 3. The van der Waals surface area contributed by atoms with Gasteiger partial charge in [-0.15, -0.1) is 0 Å². The molecule has 2 fully saturated rings. The summed E-state index contributed by atoms with van der Waals surface area (Å²) in [6.45, 7) is 1.68. The number of carbonyl (C=O) groups is 2. The summed E-state index contributed by atoms with van der Waals surface area (Å²) in [5.74, 6) is -1.09. The molecule has 2 aliphatic heterocycles. The van der Waals surface area contributed by atoms with E-state index in [1.807, 2.05) is 11.0 Å². The van der Waals surface area contributed by atoms with Crippen molar-refractivity contribution < 1.29 is 19.4 Å². The topological polar surface area (TPSA) is 79.7 Å². The second-order valence-corrected chi connectivity index (χ2v) is 7.60. The Kier molecular flexibility index (Phi) is 5.02. The Bertz CT molecular complexity index is 879. The third-order valence-corrected chi connectivity index (χ3v) is 6.02. The van der Waals surface area contributed by atoms with Gasteiger partial charge < -0.3 is 14.7 Å². The highest BCUT2D eigenvalue weighted by Gasteiger charge is 2.40. The number of ether oxygens (including phenoxy) is 1. The molecule has 0 radical (unpaired) electrons. The maximum atomic E-state index is 13.0. The van der Waals surface area contributed by atoms with Crippen molar-refractivity contribution in [3.05, 3.63) is 41.0 Å². The van der Waals surface area contributed by atoms with Gasteiger partial charge in [0.1, 0.15) is 0 Å². The van der Waals surface area contributed by atoms with Gasteiger partial charge in [-0.3, -0.25) is 14.6 Å². The van der Waals surface area contributed by atoms with Gasteiger partial charge in [0.15, 0.2) is 0 Å². The number of carboxylic acids is 1. The second-order valence-electron chi connectivity index (χ2n) is 7.19. The van der Waals surface area contributed by atoms with Crippen molar-refractivity contribution in [2.75, 3.05) is 19.7 Å². The molecular formula is C20H21ClN2O4. The lowest BCUT2D eigenvalue weighted by atomic mass is 9.84. The van der Waals surface area contributed by atoms with E-state index in [9.17, 15) is 14.7 Å². The average Bonchev–Trinajstić information content (AvgIpc) is 3.18. The van der Waals surface area contributed by atoms with Crippen LogP contribution in [-0.4, -0.2) is 52.7 Å². The Morgan fingerprint density at radius 1 is 1.19 bits per heavy atom. The molecule has 1 N–H and O–H groups in total. The predicted molar refractivity (Wildman–Crippen MR) is 101 cm³/mol. The Labute approximate surface area is 162 Å². The number of carbonyl (C=O) groups excluding carboxylic acids is 1. The number of likely N-dealkylation sites (tertiary alicyclic amines) is 1. The molecule has 7 heteroatoms. The maximum Gasteiger partial charge on any atom is 0.309 e. The molecule has 1 amide bonds. The molecule has 142 valence electrons. The van der Waals surface area contributed by atoms with E-state index in [1.54, 1.807) is 24.4 Å². The van der Waals surface area contributed by atoms with Gasteiger partial charge in [-0.05, 0) is 49.4 Å². The van der Waals surface area contributed by atoms with Crippen LogP contribution in [0.4, 0.5) is 0 Å². The van der Waals surface area contributed by atoms with Gasteiger partial charge in [0.2, 0.25) is 0 Å². The van der Waals surface area contributed by atoms with Crippen LogP contribution < -0.4 is 0 Å². The van der Waals surface area contributed by atoms with Crippen LogP contribution in [0.1, 0.15) is 29.6 Å². The number of aliphatic carboxylic acids is 1. The number of benzene rings is 1. The Morgan fingerprint density at radius 3 is 2.70 bits per heavy atom. The van der Waals surface area contributed by atoms with Crippen LogP contribution in [0.15, 0.2) is 30.5 Å². The van der Waals surface area contributed by atoms with Crippen LogP contribution >= 0.6 is 11.6 Å². The van der Waals surface area contributed by atoms with Crippen molar-refractivity contribution in [2.45, 2.75) is 25.4 Å². The van der Waals surface area contributed by atoms with Gasteiger partial charge in [0.05, 0.1) is 28.1 Å². The van der Waals surface area contributed by atoms with E-state index in [2.05, 4.69) is 4.98 Å². The normalized spacial score (nSPS) is 23.7. The van der Waals surface area contributed by atoms with E-state index in [-0.39, 0.29) is 17.9 Å². The molecule has 0 bridgehead atoms. The van der Waals surface area contributed by atoms with E-state index in [1.165, 1.54) is 0 Å². The SMILES string of the molecule is O=C(O)C1CCO[C@H]1C1CCN(C(=O)c2ccc(Cl)c3cccnc23)CC1. The first-order chi connectivity index (χ1) is 13.1. The number of nitrogens with zero attached hydrogens (tertiary/aromatic N) is 2. The molecule has 2 saturated heterocycles. The zero-order valence-corrected chi connectivity index (χ0v) is 15.6. The van der Waals surface area contributed by atoms with Crippen LogP contribution in [0.5, 0.6) is 0 Å². The molecule has 1 aromatic heterocycles. The molecule has 2 aromatic rings. The summed E-state index contributed by atoms with van der Waals surface area (Å²) in [4.78, 5) is 30.6. The number of fused-ring (bicyclic) bond motifs is 1. The van der Waals surface area contributed by atoms with Gasteiger partial charge in [-0.25, -0.2) is 0 Å². The Balaban J connectivity index is 1.48. The highest BCUT2D eigenvalue weighted by molar-refractivity contribution is 6.36. The number of aromatic nitrogens is 1. The van der Waals surface area contributed by atoms with E-state index in [0.717, 1.165) is 18.2 Å². The van der Waals surface area contributed by atoms with E-state index in [0.29, 0.717) is 42.2 Å². The van der Waals surface area contributed by atoms with E-state index >= 15 is 0 Å². The molecule has 6 nitrogen and oxygen atoms in total. The molecule has 27 heavy (non-hydrogen) atoms. The van der Waals surface area contributed by atoms with E-state index < -0.39 is 11.9 Å². The average molecular weight is 389 g/mol. The highest BCUT2D eigenvalue weighted by Crippen LogP contribution is 2.34. The minimum absolute atomic E-state index is 0.0593. The predicted octanol–water partition coefficient (Wildman–Crippen LogP) is 3.23. The van der Waals surface area contributed by atoms with Crippen molar-refractivity contribution in [1.82, 2.24) is 9.88 Å². The summed E-state index contributed by atoms with van der Waals surface area (Å²) >= 11 is 6.22. The zero-order valence-electron chi connectivity index (χ0n) is 14.8. The van der Waals surface area contributed by atoms with Crippen molar-refractivity contribution in [1.29, 1.82) is 0 Å². The standard InChI is InChI=1S/C20H21ClN2O4/c21-16-4-3-14(17-13(16)2-1-8-22-17)19(24)23-9-5-12(6-10-23)18-15(20(25)26)7-11-27-18/h1-4,8,12,15,18H,5-7,9-11H2,(H,25,26)/t15?,18-/m0/s1. The summed E-state index contributed by atoms with van der Waals surface area (Å²) in [7, 11) is 0. The molecule has 0 aliphatic carbocycles. The van der Waals surface area contributed by atoms with Crippen molar-refractivity contribution in [3.8, 4) is 0 Å². The second kappa shape index (κ2) is 7.44. The van der Waals surface area contributed by atoms with Crippen molar-refractivity contribution in [3.63, 3.8) is 0 Å². The fraction of sp³-hybridized carbons (Fsp3) is 0.450. The quantitative estimate of drug-likeness (QED) is 0.873. The first-order valence-corrected chi connectivity index (χ1v) is 9.61. The molecular weight excluding hydrogens is 368 g/mol. The number of amides is 1. The number of hydrogen-bond donors (Lipinski definition) is 1. The number of pyridine rings is 1. The lowest BCUT2D eigenvalue weighted by Crippen LogP contribution is -2.43. The van der Waals surface area contributed by atoms with Gasteiger partial charge in [0, 0.05) is 31.3 Å². The van der Waals surface area contributed by atoms with Crippen LogP contribution in [0, 0.1) is 11.8 Å². The summed E-state index contributed by atoms with van der Waals surface area (Å²) in [6.07, 6.45) is 3.49. The molecule has 2 atom stereocenters. The van der Waals surface area contributed by atoms with E-state index in [4.69, 9.17) is 16.3 Å². The third kappa shape index (κ3) is 3.39. The van der Waals surface area contributed by atoms with Crippen LogP contribution in [0.25, 0.3) is 10.9 Å². The fourth-order valence-electron chi connectivity index (χ4n) is 4.25. The van der Waals surface area contributed by atoms with Gasteiger partial charge >= 0.3 is 5.97 Å². The number of hydrogen-bond acceptors (Lipinski definition) is 4. The highest BCUT2D eigenvalue weighted by atomic mass is 35.5. The van der Waals surface area contributed by atoms with Gasteiger partial charge in [-0.1, -0.05) is 11.6 Å². The minimum Gasteiger partial charge on any atom is -0.481 e. The summed E-state index contributed by atoms with van der Waals surface area (Å²) < 4.78 is 5.71. The van der Waals surface area contributed by atoms with Crippen LogP contribution in [0.3, 0.4) is 0 Å². The first-order valence-electron chi connectivity index (χ1n) is 9.23. The molecule has 0 spiro atoms. The molecule has 3 heterocycles. The van der Waals surface area contributed by atoms with Gasteiger partial charge in [-0.2, -0.15) is 0 Å². The van der Waals surface area contributed by atoms with Crippen LogP contribution in [-0.2, 0) is 9.53 Å². The lowest BCUT2D eigenvalue weighted by Gasteiger charge is -2.35. The molecule has 1 unspecified atom stereocenters. The fourth-order valence-corrected chi connectivity index (χ4v) is 4.47.